The summed E-state index contributed by atoms with van der Waals surface area (Å²) in [5, 5.41) is 0. The number of benzene rings is 2. The summed E-state index contributed by atoms with van der Waals surface area (Å²) in [4.78, 5) is 30.0. The van der Waals surface area contributed by atoms with Crippen molar-refractivity contribution in [2.45, 2.75) is 5.92 Å². The van der Waals surface area contributed by atoms with Gasteiger partial charge in [-0.1, -0.05) is 30.3 Å². The molecule has 0 bridgehead atoms. The highest BCUT2D eigenvalue weighted by Gasteiger charge is 2.42. The minimum absolute atomic E-state index is 0.0265. The Labute approximate surface area is 171 Å². The van der Waals surface area contributed by atoms with Crippen molar-refractivity contribution >= 4 is 11.8 Å². The molecule has 0 unspecified atom stereocenters. The van der Waals surface area contributed by atoms with Gasteiger partial charge in [-0.3, -0.25) is 9.59 Å². The van der Waals surface area contributed by atoms with Gasteiger partial charge in [0.25, 0.3) is 5.91 Å². The van der Waals surface area contributed by atoms with Gasteiger partial charge in [-0.25, -0.2) is 0 Å². The number of rotatable bonds is 4. The first-order chi connectivity index (χ1) is 14.2. The van der Waals surface area contributed by atoms with Gasteiger partial charge in [-0.05, 0) is 29.8 Å². The maximum atomic E-state index is 13.3. The van der Waals surface area contributed by atoms with E-state index in [2.05, 4.69) is 0 Å². The van der Waals surface area contributed by atoms with E-state index in [1.165, 1.54) is 0 Å². The fourth-order valence-electron chi connectivity index (χ4n) is 4.19. The van der Waals surface area contributed by atoms with Gasteiger partial charge in [0.15, 0.2) is 0 Å². The first kappa shape index (κ1) is 19.5. The molecule has 2 aliphatic rings. The van der Waals surface area contributed by atoms with E-state index in [1.807, 2.05) is 64.4 Å². The molecule has 0 spiro atoms. The number of hydrogen-bond donors (Lipinski definition) is 0. The van der Waals surface area contributed by atoms with Crippen LogP contribution in [0.1, 0.15) is 21.8 Å². The monoisotopic (exact) mass is 394 g/mol. The number of carbonyl (C=O) groups is 2. The van der Waals surface area contributed by atoms with E-state index in [0.29, 0.717) is 45.0 Å². The van der Waals surface area contributed by atoms with Crippen molar-refractivity contribution in [3.8, 4) is 5.75 Å². The van der Waals surface area contributed by atoms with Crippen molar-refractivity contribution < 1.29 is 19.1 Å². The number of ether oxygens (including phenoxy) is 2. The average molecular weight is 394 g/mol. The van der Waals surface area contributed by atoms with Crippen LogP contribution in [0.15, 0.2) is 54.6 Å². The zero-order valence-electron chi connectivity index (χ0n) is 16.6. The lowest BCUT2D eigenvalue weighted by Crippen LogP contribution is -2.45. The normalized spacial score (nSPS) is 21.8. The maximum Gasteiger partial charge on any atom is 0.253 e. The molecule has 2 saturated heterocycles. The number of methoxy groups -OCH3 is 1. The van der Waals surface area contributed by atoms with Crippen LogP contribution in [0.3, 0.4) is 0 Å². The van der Waals surface area contributed by atoms with Gasteiger partial charge in [-0.15, -0.1) is 0 Å². The lowest BCUT2D eigenvalue weighted by atomic mass is 9.88. The van der Waals surface area contributed by atoms with Crippen LogP contribution < -0.4 is 4.74 Å². The van der Waals surface area contributed by atoms with Crippen LogP contribution in [-0.2, 0) is 9.53 Å². The Morgan fingerprint density at radius 2 is 1.62 bits per heavy atom. The van der Waals surface area contributed by atoms with E-state index in [1.54, 1.807) is 7.11 Å². The molecule has 29 heavy (non-hydrogen) atoms. The Balaban J connectivity index is 1.59. The van der Waals surface area contributed by atoms with Gasteiger partial charge in [-0.2, -0.15) is 0 Å². The fourth-order valence-corrected chi connectivity index (χ4v) is 4.19. The van der Waals surface area contributed by atoms with Crippen molar-refractivity contribution in [1.82, 2.24) is 9.80 Å². The van der Waals surface area contributed by atoms with Crippen molar-refractivity contribution in [1.29, 1.82) is 0 Å². The van der Waals surface area contributed by atoms with E-state index < -0.39 is 0 Å². The molecule has 2 amide bonds. The highest BCUT2D eigenvalue weighted by molar-refractivity contribution is 5.95. The molecule has 2 heterocycles. The predicted molar refractivity (Wildman–Crippen MR) is 109 cm³/mol. The lowest BCUT2D eigenvalue weighted by molar-refractivity contribution is -0.139. The molecule has 2 atom stereocenters. The molecule has 6 nitrogen and oxygen atoms in total. The van der Waals surface area contributed by atoms with Crippen LogP contribution in [0.4, 0.5) is 0 Å². The van der Waals surface area contributed by atoms with Gasteiger partial charge in [0.2, 0.25) is 5.91 Å². The number of morpholine rings is 1. The molecule has 0 saturated carbocycles. The summed E-state index contributed by atoms with van der Waals surface area (Å²) in [6, 6.07) is 17.1. The summed E-state index contributed by atoms with van der Waals surface area (Å²) in [7, 11) is 1.63. The molecule has 4 rings (SSSR count). The minimum atomic E-state index is -0.255. The van der Waals surface area contributed by atoms with E-state index in [9.17, 15) is 9.59 Å². The SMILES string of the molecule is COc1ccc([C@@H]2CN(C(=O)c3ccccc3)C[C@@H]2C(=O)N2CCOCC2)cc1. The van der Waals surface area contributed by atoms with Crippen LogP contribution in [-0.4, -0.2) is 68.1 Å². The first-order valence-electron chi connectivity index (χ1n) is 10.0. The highest BCUT2D eigenvalue weighted by atomic mass is 16.5. The van der Waals surface area contributed by atoms with Crippen molar-refractivity contribution in [2.24, 2.45) is 5.92 Å². The van der Waals surface area contributed by atoms with E-state index >= 15 is 0 Å². The van der Waals surface area contributed by atoms with Crippen molar-refractivity contribution in [3.05, 3.63) is 65.7 Å². The smallest absolute Gasteiger partial charge is 0.253 e. The Bertz CT molecular complexity index is 847. The third kappa shape index (κ3) is 4.12. The Kier molecular flexibility index (Phi) is 5.81. The third-order valence-corrected chi connectivity index (χ3v) is 5.81. The topological polar surface area (TPSA) is 59.1 Å². The molecule has 0 radical (unpaired) electrons. The molecule has 6 heteroatoms. The minimum Gasteiger partial charge on any atom is -0.497 e. The molecule has 0 aromatic heterocycles. The molecule has 0 N–H and O–H groups in total. The van der Waals surface area contributed by atoms with Gasteiger partial charge >= 0.3 is 0 Å². The number of hydrogen-bond acceptors (Lipinski definition) is 4. The lowest BCUT2D eigenvalue weighted by Gasteiger charge is -2.30. The third-order valence-electron chi connectivity index (χ3n) is 5.81. The number of amides is 2. The number of likely N-dealkylation sites (tertiary alicyclic amines) is 1. The van der Waals surface area contributed by atoms with Crippen LogP contribution in [0.2, 0.25) is 0 Å². The van der Waals surface area contributed by atoms with Crippen molar-refractivity contribution in [2.75, 3.05) is 46.5 Å². The quantitative estimate of drug-likeness (QED) is 0.799. The average Bonchev–Trinajstić information content (AvgIpc) is 3.24. The van der Waals surface area contributed by atoms with Gasteiger partial charge in [0.1, 0.15) is 5.75 Å². The Morgan fingerprint density at radius 3 is 2.28 bits per heavy atom. The van der Waals surface area contributed by atoms with Crippen LogP contribution in [0.25, 0.3) is 0 Å². The summed E-state index contributed by atoms with van der Waals surface area (Å²) >= 11 is 0. The second-order valence-corrected chi connectivity index (χ2v) is 7.50. The van der Waals surface area contributed by atoms with Crippen LogP contribution >= 0.6 is 0 Å². The fraction of sp³-hybridized carbons (Fsp3) is 0.391. The van der Waals surface area contributed by atoms with Crippen LogP contribution in [0.5, 0.6) is 5.75 Å². The Hall–Kier alpha value is -2.86. The van der Waals surface area contributed by atoms with E-state index in [-0.39, 0.29) is 23.7 Å². The predicted octanol–water partition coefficient (Wildman–Crippen LogP) is 2.41. The summed E-state index contributed by atoms with van der Waals surface area (Å²) in [6.07, 6.45) is 0. The largest absolute Gasteiger partial charge is 0.497 e. The maximum absolute atomic E-state index is 13.3. The molecule has 2 fully saturated rings. The zero-order chi connectivity index (χ0) is 20.2. The summed E-state index contributed by atoms with van der Waals surface area (Å²) in [6.45, 7) is 3.31. The summed E-state index contributed by atoms with van der Waals surface area (Å²) in [5.41, 5.74) is 1.71. The summed E-state index contributed by atoms with van der Waals surface area (Å²) in [5.74, 6) is 0.567. The number of nitrogens with zero attached hydrogens (tertiary/aromatic N) is 2. The molecular weight excluding hydrogens is 368 g/mol. The highest BCUT2D eigenvalue weighted by Crippen LogP contribution is 2.35. The van der Waals surface area contributed by atoms with Gasteiger partial charge in [0, 0.05) is 37.7 Å². The Morgan fingerprint density at radius 1 is 0.931 bits per heavy atom. The molecule has 152 valence electrons. The molecule has 2 aliphatic heterocycles. The molecule has 0 aliphatic carbocycles. The summed E-state index contributed by atoms with van der Waals surface area (Å²) < 4.78 is 10.7. The number of carbonyl (C=O) groups excluding carboxylic acids is 2. The van der Waals surface area contributed by atoms with E-state index in [4.69, 9.17) is 9.47 Å². The second-order valence-electron chi connectivity index (χ2n) is 7.50. The molecule has 2 aromatic rings. The van der Waals surface area contributed by atoms with Crippen LogP contribution in [0, 0.1) is 5.92 Å². The standard InChI is InChI=1S/C23H26N2O4/c1-28-19-9-7-17(8-10-19)20-15-25(22(26)18-5-3-2-4-6-18)16-21(20)23(27)24-11-13-29-14-12-24/h2-10,20-21H,11-16H2,1H3/t20-,21-/m0/s1. The second kappa shape index (κ2) is 8.66. The zero-order valence-corrected chi connectivity index (χ0v) is 16.6. The van der Waals surface area contributed by atoms with Gasteiger partial charge < -0.3 is 19.3 Å². The molecule has 2 aromatic carbocycles. The van der Waals surface area contributed by atoms with Crippen molar-refractivity contribution in [3.63, 3.8) is 0 Å². The van der Waals surface area contributed by atoms with Gasteiger partial charge in [0.05, 0.1) is 26.2 Å². The molecular formula is C23H26N2O4. The first-order valence-corrected chi connectivity index (χ1v) is 10.0. The van der Waals surface area contributed by atoms with E-state index in [0.717, 1.165) is 11.3 Å².